The van der Waals surface area contributed by atoms with Crippen molar-refractivity contribution in [3.63, 3.8) is 0 Å². The molecule has 0 radical (unpaired) electrons. The number of para-hydroxylation sites is 2. The Labute approximate surface area is 155 Å². The molecule has 0 aliphatic heterocycles. The molecule has 0 saturated heterocycles. The number of hydrogen-bond donors (Lipinski definition) is 2. The van der Waals surface area contributed by atoms with Crippen LogP contribution < -0.4 is 15.4 Å². The highest BCUT2D eigenvalue weighted by molar-refractivity contribution is 6.04. The van der Waals surface area contributed by atoms with Crippen LogP contribution in [0, 0.1) is 11.6 Å². The average molecular weight is 369 g/mol. The number of carbonyl (C=O) groups is 1. The summed E-state index contributed by atoms with van der Waals surface area (Å²) in [7, 11) is 0. The van der Waals surface area contributed by atoms with Gasteiger partial charge in [-0.05, 0) is 49.4 Å². The fourth-order valence-corrected chi connectivity index (χ4v) is 2.37. The maximum absolute atomic E-state index is 13.2. The molecule has 3 rings (SSSR count). The van der Waals surface area contributed by atoms with Crippen molar-refractivity contribution >= 4 is 23.1 Å². The van der Waals surface area contributed by atoms with Crippen LogP contribution in [0.5, 0.6) is 5.75 Å². The number of rotatable bonds is 6. The third-order valence-electron chi connectivity index (χ3n) is 3.65. The first-order valence-corrected chi connectivity index (χ1v) is 8.28. The SMILES string of the molecule is CCOc1ccccc1Nc1ccc(NC(=O)c2ccc(F)c(F)c2)cn1. The molecule has 0 fully saturated rings. The van der Waals surface area contributed by atoms with Crippen molar-refractivity contribution in [1.29, 1.82) is 0 Å². The number of benzene rings is 2. The summed E-state index contributed by atoms with van der Waals surface area (Å²) in [6.07, 6.45) is 1.46. The Hall–Kier alpha value is -3.48. The monoisotopic (exact) mass is 369 g/mol. The first kappa shape index (κ1) is 18.3. The zero-order valence-electron chi connectivity index (χ0n) is 14.5. The molecule has 0 saturated carbocycles. The van der Waals surface area contributed by atoms with Gasteiger partial charge in [0.15, 0.2) is 11.6 Å². The summed E-state index contributed by atoms with van der Waals surface area (Å²) >= 11 is 0. The molecule has 1 heterocycles. The Kier molecular flexibility index (Phi) is 5.61. The molecule has 0 atom stereocenters. The van der Waals surface area contributed by atoms with Crippen LogP contribution in [-0.4, -0.2) is 17.5 Å². The minimum atomic E-state index is -1.08. The lowest BCUT2D eigenvalue weighted by molar-refractivity contribution is 0.102. The molecule has 1 aromatic heterocycles. The number of aromatic nitrogens is 1. The van der Waals surface area contributed by atoms with Gasteiger partial charge in [0.25, 0.3) is 5.91 Å². The van der Waals surface area contributed by atoms with Crippen molar-refractivity contribution in [2.45, 2.75) is 6.92 Å². The summed E-state index contributed by atoms with van der Waals surface area (Å²) in [5.74, 6) is -1.37. The van der Waals surface area contributed by atoms with Crippen LogP contribution in [0.15, 0.2) is 60.8 Å². The van der Waals surface area contributed by atoms with Crippen molar-refractivity contribution in [3.05, 3.63) is 78.0 Å². The molecule has 2 N–H and O–H groups in total. The molecule has 138 valence electrons. The van der Waals surface area contributed by atoms with Crippen LogP contribution in [-0.2, 0) is 0 Å². The second-order valence-electron chi connectivity index (χ2n) is 5.57. The molecule has 7 heteroatoms. The summed E-state index contributed by atoms with van der Waals surface area (Å²) in [4.78, 5) is 16.3. The Morgan fingerprint density at radius 2 is 1.89 bits per heavy atom. The van der Waals surface area contributed by atoms with Gasteiger partial charge in [0.05, 0.1) is 24.2 Å². The van der Waals surface area contributed by atoms with E-state index in [-0.39, 0.29) is 5.56 Å². The molecule has 5 nitrogen and oxygen atoms in total. The topological polar surface area (TPSA) is 63.2 Å². The maximum atomic E-state index is 13.2. The van der Waals surface area contributed by atoms with Crippen molar-refractivity contribution in [1.82, 2.24) is 4.98 Å². The number of carbonyl (C=O) groups excluding carboxylic acids is 1. The second kappa shape index (κ2) is 8.27. The van der Waals surface area contributed by atoms with Gasteiger partial charge in [-0.25, -0.2) is 13.8 Å². The van der Waals surface area contributed by atoms with Crippen LogP contribution in [0.25, 0.3) is 0 Å². The van der Waals surface area contributed by atoms with E-state index >= 15 is 0 Å². The molecule has 1 amide bonds. The fraction of sp³-hybridized carbons (Fsp3) is 0.100. The van der Waals surface area contributed by atoms with E-state index in [4.69, 9.17) is 4.74 Å². The minimum Gasteiger partial charge on any atom is -0.492 e. The molecule has 0 unspecified atom stereocenters. The summed E-state index contributed by atoms with van der Waals surface area (Å²) in [6.45, 7) is 2.45. The number of halogens is 2. The van der Waals surface area contributed by atoms with E-state index in [2.05, 4.69) is 15.6 Å². The highest BCUT2D eigenvalue weighted by atomic mass is 19.2. The summed E-state index contributed by atoms with van der Waals surface area (Å²) in [5.41, 5.74) is 1.21. The number of hydrogen-bond acceptors (Lipinski definition) is 4. The van der Waals surface area contributed by atoms with Gasteiger partial charge in [-0.1, -0.05) is 12.1 Å². The van der Waals surface area contributed by atoms with E-state index in [0.717, 1.165) is 17.8 Å². The van der Waals surface area contributed by atoms with Crippen LogP contribution in [0.3, 0.4) is 0 Å². The van der Waals surface area contributed by atoms with Crippen LogP contribution >= 0.6 is 0 Å². The molecule has 3 aromatic rings. The molecule has 0 aliphatic carbocycles. The first-order valence-electron chi connectivity index (χ1n) is 8.28. The fourth-order valence-electron chi connectivity index (χ4n) is 2.37. The van der Waals surface area contributed by atoms with Crippen LogP contribution in [0.2, 0.25) is 0 Å². The second-order valence-corrected chi connectivity index (χ2v) is 5.57. The smallest absolute Gasteiger partial charge is 0.255 e. The van der Waals surface area contributed by atoms with Crippen LogP contribution in [0.4, 0.5) is 26.0 Å². The Morgan fingerprint density at radius 3 is 2.59 bits per heavy atom. The predicted molar refractivity (Wildman–Crippen MR) is 99.4 cm³/mol. The van der Waals surface area contributed by atoms with E-state index in [1.165, 1.54) is 12.3 Å². The predicted octanol–water partition coefficient (Wildman–Crippen LogP) is 4.75. The molecule has 2 aromatic carbocycles. The van der Waals surface area contributed by atoms with Crippen LogP contribution in [0.1, 0.15) is 17.3 Å². The number of amides is 1. The number of ether oxygens (including phenoxy) is 1. The zero-order valence-corrected chi connectivity index (χ0v) is 14.5. The largest absolute Gasteiger partial charge is 0.492 e. The van der Waals surface area contributed by atoms with Gasteiger partial charge in [-0.3, -0.25) is 4.79 Å². The Morgan fingerprint density at radius 1 is 1.07 bits per heavy atom. The minimum absolute atomic E-state index is 0.0155. The quantitative estimate of drug-likeness (QED) is 0.658. The maximum Gasteiger partial charge on any atom is 0.255 e. The Balaban J connectivity index is 1.68. The van der Waals surface area contributed by atoms with E-state index in [9.17, 15) is 13.6 Å². The molecular weight excluding hydrogens is 352 g/mol. The third-order valence-corrected chi connectivity index (χ3v) is 3.65. The van der Waals surface area contributed by atoms with Gasteiger partial charge >= 0.3 is 0 Å². The van der Waals surface area contributed by atoms with Crippen molar-refractivity contribution in [3.8, 4) is 5.75 Å². The van der Waals surface area contributed by atoms with Gasteiger partial charge in [-0.15, -0.1) is 0 Å². The lowest BCUT2D eigenvalue weighted by atomic mass is 10.2. The average Bonchev–Trinajstić information content (AvgIpc) is 2.67. The third kappa shape index (κ3) is 4.58. The van der Waals surface area contributed by atoms with Gasteiger partial charge in [0.2, 0.25) is 0 Å². The van der Waals surface area contributed by atoms with E-state index < -0.39 is 17.5 Å². The van der Waals surface area contributed by atoms with E-state index in [1.54, 1.807) is 12.1 Å². The van der Waals surface area contributed by atoms with Gasteiger partial charge in [0.1, 0.15) is 11.6 Å². The zero-order chi connectivity index (χ0) is 19.2. The lowest BCUT2D eigenvalue weighted by Gasteiger charge is -2.12. The van der Waals surface area contributed by atoms with E-state index in [1.807, 2.05) is 31.2 Å². The lowest BCUT2D eigenvalue weighted by Crippen LogP contribution is -2.12. The van der Waals surface area contributed by atoms with E-state index in [0.29, 0.717) is 23.9 Å². The molecule has 27 heavy (non-hydrogen) atoms. The highest BCUT2D eigenvalue weighted by Gasteiger charge is 2.10. The van der Waals surface area contributed by atoms with Gasteiger partial charge in [0, 0.05) is 5.56 Å². The Bertz CT molecular complexity index is 946. The molecule has 0 spiro atoms. The first-order chi connectivity index (χ1) is 13.1. The number of anilines is 3. The standard InChI is InChI=1S/C20H17F2N3O2/c1-2-27-18-6-4-3-5-17(18)25-19-10-8-14(12-23-19)24-20(26)13-7-9-15(21)16(22)11-13/h3-12H,2H2,1H3,(H,23,25)(H,24,26). The summed E-state index contributed by atoms with van der Waals surface area (Å²) in [6, 6.07) is 13.8. The summed E-state index contributed by atoms with van der Waals surface area (Å²) < 4.78 is 31.7. The van der Waals surface area contributed by atoms with Crippen molar-refractivity contribution in [2.75, 3.05) is 17.2 Å². The van der Waals surface area contributed by atoms with Crippen molar-refractivity contribution in [2.24, 2.45) is 0 Å². The van der Waals surface area contributed by atoms with Gasteiger partial charge < -0.3 is 15.4 Å². The molecule has 0 bridgehead atoms. The number of pyridine rings is 1. The highest BCUT2D eigenvalue weighted by Crippen LogP contribution is 2.27. The van der Waals surface area contributed by atoms with Crippen molar-refractivity contribution < 1.29 is 18.3 Å². The normalized spacial score (nSPS) is 10.3. The molecule has 0 aliphatic rings. The van der Waals surface area contributed by atoms with Gasteiger partial charge in [-0.2, -0.15) is 0 Å². The number of nitrogens with zero attached hydrogens (tertiary/aromatic N) is 1. The summed E-state index contributed by atoms with van der Waals surface area (Å²) in [5, 5.41) is 5.73. The molecular formula is C20H17F2N3O2. The number of nitrogens with one attached hydrogen (secondary N) is 2.